The van der Waals surface area contributed by atoms with Crippen LogP contribution in [0.25, 0.3) is 77.5 Å². The van der Waals surface area contributed by atoms with Gasteiger partial charge in [0.25, 0.3) is 0 Å². The molecule has 8 rings (SSSR count). The van der Waals surface area contributed by atoms with Crippen molar-refractivity contribution in [1.82, 2.24) is 0 Å². The first-order valence-electron chi connectivity index (χ1n) is 17.9. The fourth-order valence-electron chi connectivity index (χ4n) is 7.80. The van der Waals surface area contributed by atoms with E-state index in [0.717, 1.165) is 0 Å². The van der Waals surface area contributed by atoms with E-state index in [1.54, 1.807) is 0 Å². The van der Waals surface area contributed by atoms with Gasteiger partial charge in [-0.05, 0) is 124 Å². The quantitative estimate of drug-likeness (QED) is 0.167. The minimum absolute atomic E-state index is 1.21. The lowest BCUT2D eigenvalue weighted by Gasteiger charge is -2.27. The number of hydrogen-bond acceptors (Lipinski definition) is 0. The number of hydrogen-bond donors (Lipinski definition) is 0. The van der Waals surface area contributed by atoms with Gasteiger partial charge in [0.05, 0.1) is 0 Å². The molecular formula is C51H42. The summed E-state index contributed by atoms with van der Waals surface area (Å²) in [6.07, 6.45) is 0. The highest BCUT2D eigenvalue weighted by atomic mass is 14.3. The van der Waals surface area contributed by atoms with Crippen molar-refractivity contribution in [3.05, 3.63) is 192 Å². The second-order valence-electron chi connectivity index (χ2n) is 14.0. The van der Waals surface area contributed by atoms with Crippen LogP contribution in [0, 0.1) is 34.6 Å². The summed E-state index contributed by atoms with van der Waals surface area (Å²) < 4.78 is 0. The van der Waals surface area contributed by atoms with Gasteiger partial charge in [-0.2, -0.15) is 0 Å². The Morgan fingerprint density at radius 2 is 0.706 bits per heavy atom. The smallest absolute Gasteiger partial charge is 0.000744 e. The summed E-state index contributed by atoms with van der Waals surface area (Å²) in [7, 11) is 0. The number of rotatable bonds is 6. The Morgan fingerprint density at radius 3 is 1.24 bits per heavy atom. The van der Waals surface area contributed by atoms with Crippen molar-refractivity contribution in [2.45, 2.75) is 34.6 Å². The zero-order chi connectivity index (χ0) is 35.1. The summed E-state index contributed by atoms with van der Waals surface area (Å²) in [5, 5.41) is 2.54. The Labute approximate surface area is 302 Å². The molecule has 51 heavy (non-hydrogen) atoms. The largest absolute Gasteiger partial charge is 0.0622 e. The van der Waals surface area contributed by atoms with Crippen molar-refractivity contribution in [1.29, 1.82) is 0 Å². The molecule has 0 saturated carbocycles. The highest BCUT2D eigenvalue weighted by Gasteiger charge is 2.27. The summed E-state index contributed by atoms with van der Waals surface area (Å²) in [5.74, 6) is 0. The van der Waals surface area contributed by atoms with Crippen molar-refractivity contribution >= 4 is 10.8 Å². The molecule has 0 fully saturated rings. The maximum absolute atomic E-state index is 2.49. The van der Waals surface area contributed by atoms with Gasteiger partial charge in [-0.3, -0.25) is 0 Å². The Bertz CT molecular complexity index is 2500. The lowest BCUT2D eigenvalue weighted by atomic mass is 9.75. The van der Waals surface area contributed by atoms with Crippen LogP contribution in [0.5, 0.6) is 0 Å². The number of fused-ring (bicyclic) bond motifs is 1. The average Bonchev–Trinajstić information content (AvgIpc) is 3.16. The van der Waals surface area contributed by atoms with E-state index in [0.29, 0.717) is 0 Å². The Kier molecular flexibility index (Phi) is 8.46. The molecule has 0 aliphatic rings. The van der Waals surface area contributed by atoms with Gasteiger partial charge >= 0.3 is 0 Å². The third-order valence-electron chi connectivity index (χ3n) is 10.3. The molecule has 0 spiro atoms. The first-order chi connectivity index (χ1) is 24.9. The number of aryl methyl sites for hydroxylation is 4. The van der Waals surface area contributed by atoms with Crippen LogP contribution >= 0.6 is 0 Å². The van der Waals surface area contributed by atoms with E-state index in [4.69, 9.17) is 0 Å². The second-order valence-corrected chi connectivity index (χ2v) is 14.0. The maximum atomic E-state index is 2.49. The van der Waals surface area contributed by atoms with Crippen LogP contribution in [0.1, 0.15) is 27.8 Å². The minimum Gasteiger partial charge on any atom is -0.0622 e. The minimum atomic E-state index is 1.21. The van der Waals surface area contributed by atoms with Gasteiger partial charge in [-0.25, -0.2) is 0 Å². The van der Waals surface area contributed by atoms with Crippen molar-refractivity contribution in [2.75, 3.05) is 0 Å². The molecule has 0 heterocycles. The molecule has 0 aliphatic heterocycles. The van der Waals surface area contributed by atoms with Crippen LogP contribution < -0.4 is 0 Å². The molecular weight excluding hydrogens is 613 g/mol. The third-order valence-corrected chi connectivity index (χ3v) is 10.3. The molecule has 0 nitrogen and oxygen atoms in total. The maximum Gasteiger partial charge on any atom is -0.000744 e. The molecule has 8 aromatic rings. The van der Waals surface area contributed by atoms with E-state index in [1.165, 1.54) is 105 Å². The van der Waals surface area contributed by atoms with Crippen LogP contribution in [0.4, 0.5) is 0 Å². The molecule has 246 valence electrons. The van der Waals surface area contributed by atoms with Gasteiger partial charge in [-0.15, -0.1) is 0 Å². The second kappa shape index (κ2) is 13.4. The first kappa shape index (κ1) is 32.2. The topological polar surface area (TPSA) is 0 Å². The standard InChI is InChI=1S/C51H42/c1-33-19-25-40(26-20-33)46-37(5)47(41-27-21-34(2)22-28-41)50(43-18-12-13-36(4)31-43)51-45(46)32-44(38-14-8-6-9-15-38)48(42-29-23-35(3)24-30-42)49(51)39-16-10-7-11-17-39/h6-32H,1-5H3. The van der Waals surface area contributed by atoms with E-state index in [-0.39, 0.29) is 0 Å². The molecule has 0 saturated heterocycles. The zero-order valence-corrected chi connectivity index (χ0v) is 30.1. The summed E-state index contributed by atoms with van der Waals surface area (Å²) in [6, 6.07) is 60.9. The highest BCUT2D eigenvalue weighted by molar-refractivity contribution is 6.22. The van der Waals surface area contributed by atoms with E-state index < -0.39 is 0 Å². The molecule has 0 heteroatoms. The fourth-order valence-corrected chi connectivity index (χ4v) is 7.80. The molecule has 0 aromatic heterocycles. The molecule has 0 unspecified atom stereocenters. The van der Waals surface area contributed by atoms with Gasteiger partial charge in [-0.1, -0.05) is 180 Å². The lowest BCUT2D eigenvalue weighted by Crippen LogP contribution is -2.01. The van der Waals surface area contributed by atoms with Crippen molar-refractivity contribution in [2.24, 2.45) is 0 Å². The van der Waals surface area contributed by atoms with Crippen molar-refractivity contribution in [3.63, 3.8) is 0 Å². The fraction of sp³-hybridized carbons (Fsp3) is 0.0980. The molecule has 0 bridgehead atoms. The van der Waals surface area contributed by atoms with Crippen molar-refractivity contribution in [3.8, 4) is 66.8 Å². The summed E-state index contributed by atoms with van der Waals surface area (Å²) >= 11 is 0. The Hall–Kier alpha value is -5.98. The number of benzene rings is 8. The molecule has 8 aromatic carbocycles. The predicted molar refractivity (Wildman–Crippen MR) is 220 cm³/mol. The average molecular weight is 655 g/mol. The van der Waals surface area contributed by atoms with Gasteiger partial charge in [0.1, 0.15) is 0 Å². The molecule has 0 atom stereocenters. The van der Waals surface area contributed by atoms with E-state index in [2.05, 4.69) is 198 Å². The van der Waals surface area contributed by atoms with Gasteiger partial charge in [0.2, 0.25) is 0 Å². The Balaban J connectivity index is 1.70. The lowest BCUT2D eigenvalue weighted by molar-refractivity contribution is 1.42. The molecule has 0 amide bonds. The summed E-state index contributed by atoms with van der Waals surface area (Å²) in [4.78, 5) is 0. The van der Waals surface area contributed by atoms with E-state index >= 15 is 0 Å². The summed E-state index contributed by atoms with van der Waals surface area (Å²) in [6.45, 7) is 11.0. The third kappa shape index (κ3) is 5.98. The SMILES string of the molecule is Cc1ccc(-c2c(-c3ccccc3)cc3c(-c4ccc(C)cc4)c(C)c(-c4ccc(C)cc4)c(-c4cccc(C)c4)c3c2-c2ccccc2)cc1. The van der Waals surface area contributed by atoms with Crippen LogP contribution in [0.15, 0.2) is 164 Å². The van der Waals surface area contributed by atoms with Gasteiger partial charge in [0.15, 0.2) is 0 Å². The van der Waals surface area contributed by atoms with E-state index in [1.807, 2.05) is 0 Å². The molecule has 0 aliphatic carbocycles. The molecule has 0 radical (unpaired) electrons. The van der Waals surface area contributed by atoms with Crippen LogP contribution in [-0.2, 0) is 0 Å². The normalized spacial score (nSPS) is 11.2. The highest BCUT2D eigenvalue weighted by Crippen LogP contribution is 2.54. The van der Waals surface area contributed by atoms with Gasteiger partial charge in [0, 0.05) is 0 Å². The van der Waals surface area contributed by atoms with Crippen LogP contribution in [0.3, 0.4) is 0 Å². The van der Waals surface area contributed by atoms with E-state index in [9.17, 15) is 0 Å². The predicted octanol–water partition coefficient (Wildman–Crippen LogP) is 14.4. The van der Waals surface area contributed by atoms with Gasteiger partial charge < -0.3 is 0 Å². The zero-order valence-electron chi connectivity index (χ0n) is 30.1. The Morgan fingerprint density at radius 1 is 0.275 bits per heavy atom. The monoisotopic (exact) mass is 654 g/mol. The summed E-state index contributed by atoms with van der Waals surface area (Å²) in [5.41, 5.74) is 21.2. The van der Waals surface area contributed by atoms with Crippen LogP contribution in [-0.4, -0.2) is 0 Å². The van der Waals surface area contributed by atoms with Crippen molar-refractivity contribution < 1.29 is 0 Å². The first-order valence-corrected chi connectivity index (χ1v) is 17.9. The molecule has 0 N–H and O–H groups in total. The van der Waals surface area contributed by atoms with Crippen LogP contribution in [0.2, 0.25) is 0 Å².